The lowest BCUT2D eigenvalue weighted by Crippen LogP contribution is -2.17. The topological polar surface area (TPSA) is 18.5 Å². The number of benzene rings is 4. The molecular weight excluding hydrogens is 506 g/mol. The Morgan fingerprint density at radius 1 is 0.658 bits per heavy atom. The highest BCUT2D eigenvalue weighted by atomic mass is 19.4. The molecule has 0 aliphatic carbocycles. The van der Waals surface area contributed by atoms with Crippen LogP contribution in [0.2, 0.25) is 0 Å². The van der Waals surface area contributed by atoms with Gasteiger partial charge in [0.2, 0.25) is 0 Å². The van der Waals surface area contributed by atoms with Crippen molar-refractivity contribution in [2.45, 2.75) is 38.5 Å². The average molecular weight is 533 g/mol. The molecule has 0 radical (unpaired) electrons. The third-order valence-electron chi connectivity index (χ3n) is 6.40. The van der Waals surface area contributed by atoms with Gasteiger partial charge in [-0.2, -0.15) is 0 Å². The molecule has 8 heteroatoms. The average Bonchev–Trinajstić information content (AvgIpc) is 2.86. The number of rotatable bonds is 10. The van der Waals surface area contributed by atoms with E-state index >= 15 is 4.39 Å². The molecule has 4 aromatic rings. The van der Waals surface area contributed by atoms with Crippen molar-refractivity contribution < 1.29 is 35.8 Å². The van der Waals surface area contributed by atoms with E-state index in [1.165, 1.54) is 43.5 Å². The zero-order valence-electron chi connectivity index (χ0n) is 20.7. The van der Waals surface area contributed by atoms with Crippen molar-refractivity contribution in [3.8, 4) is 5.75 Å². The van der Waals surface area contributed by atoms with Crippen LogP contribution in [-0.2, 0) is 36.8 Å². The molecule has 0 amide bonds. The standard InChI is InChI=1S/C30H26F6O2/c1-37-15-14-21-17-27(31)26(28(32)18-21)13-6-20-5-12-25-23(16-20)9-8-22(29(25)33)7-2-19-3-10-24(11-4-19)38-30(34,35)36/h3-5,8-12,16-18H,2,6-7,13-15H2,1H3. The van der Waals surface area contributed by atoms with Gasteiger partial charge < -0.3 is 9.47 Å². The Balaban J connectivity index is 1.41. The van der Waals surface area contributed by atoms with Crippen LogP contribution in [0.25, 0.3) is 10.8 Å². The summed E-state index contributed by atoms with van der Waals surface area (Å²) >= 11 is 0. The van der Waals surface area contributed by atoms with Crippen molar-refractivity contribution in [2.24, 2.45) is 0 Å². The fourth-order valence-corrected chi connectivity index (χ4v) is 4.40. The number of ether oxygens (including phenoxy) is 2. The smallest absolute Gasteiger partial charge is 0.406 e. The first-order valence-corrected chi connectivity index (χ1v) is 12.1. The Kier molecular flexibility index (Phi) is 8.62. The highest BCUT2D eigenvalue weighted by Crippen LogP contribution is 2.26. The van der Waals surface area contributed by atoms with Crippen LogP contribution in [-0.4, -0.2) is 20.1 Å². The maximum Gasteiger partial charge on any atom is 0.573 e. The van der Waals surface area contributed by atoms with Crippen LogP contribution in [0, 0.1) is 17.5 Å². The Bertz CT molecular complexity index is 1370. The number of halogens is 6. The number of hydrogen-bond acceptors (Lipinski definition) is 2. The van der Waals surface area contributed by atoms with E-state index in [0.717, 1.165) is 11.1 Å². The number of fused-ring (bicyclic) bond motifs is 1. The molecule has 0 aromatic heterocycles. The normalized spacial score (nSPS) is 11.8. The van der Waals surface area contributed by atoms with Crippen LogP contribution in [0.15, 0.2) is 66.7 Å². The number of hydrogen-bond donors (Lipinski definition) is 0. The fraction of sp³-hybridized carbons (Fsp3) is 0.267. The Labute approximate surface area is 216 Å². The molecule has 38 heavy (non-hydrogen) atoms. The summed E-state index contributed by atoms with van der Waals surface area (Å²) in [6.07, 6.45) is -2.97. The Hall–Kier alpha value is -3.52. The second-order valence-electron chi connectivity index (χ2n) is 9.07. The van der Waals surface area contributed by atoms with E-state index in [4.69, 9.17) is 4.74 Å². The van der Waals surface area contributed by atoms with Crippen molar-refractivity contribution >= 4 is 10.8 Å². The first kappa shape index (κ1) is 27.5. The van der Waals surface area contributed by atoms with Crippen molar-refractivity contribution in [2.75, 3.05) is 13.7 Å². The molecule has 0 saturated carbocycles. The van der Waals surface area contributed by atoms with E-state index in [-0.39, 0.29) is 23.6 Å². The van der Waals surface area contributed by atoms with Gasteiger partial charge in [0, 0.05) is 18.1 Å². The quantitative estimate of drug-likeness (QED) is 0.193. The van der Waals surface area contributed by atoms with Gasteiger partial charge in [-0.3, -0.25) is 0 Å². The lowest BCUT2D eigenvalue weighted by molar-refractivity contribution is -0.274. The van der Waals surface area contributed by atoms with Gasteiger partial charge in [0.1, 0.15) is 23.2 Å². The summed E-state index contributed by atoms with van der Waals surface area (Å²) in [7, 11) is 1.53. The summed E-state index contributed by atoms with van der Waals surface area (Å²) in [6.45, 7) is 0.376. The molecular formula is C30H26F6O2. The zero-order chi connectivity index (χ0) is 27.3. The predicted molar refractivity (Wildman–Crippen MR) is 134 cm³/mol. The molecule has 0 saturated heterocycles. The van der Waals surface area contributed by atoms with Crippen molar-refractivity contribution in [1.29, 1.82) is 0 Å². The molecule has 0 fully saturated rings. The van der Waals surface area contributed by atoms with E-state index in [2.05, 4.69) is 4.74 Å². The summed E-state index contributed by atoms with van der Waals surface area (Å²) in [4.78, 5) is 0. The molecule has 0 N–H and O–H groups in total. The summed E-state index contributed by atoms with van der Waals surface area (Å²) in [5.41, 5.74) is 2.62. The lowest BCUT2D eigenvalue weighted by atomic mass is 9.96. The molecule has 0 heterocycles. The number of alkyl halides is 3. The highest BCUT2D eigenvalue weighted by molar-refractivity contribution is 5.84. The monoisotopic (exact) mass is 532 g/mol. The first-order valence-electron chi connectivity index (χ1n) is 12.1. The van der Waals surface area contributed by atoms with Crippen LogP contribution < -0.4 is 4.74 Å². The minimum atomic E-state index is -4.75. The first-order chi connectivity index (χ1) is 18.1. The maximum absolute atomic E-state index is 15.2. The Morgan fingerprint density at radius 2 is 1.32 bits per heavy atom. The third-order valence-corrected chi connectivity index (χ3v) is 6.40. The van der Waals surface area contributed by atoms with Gasteiger partial charge in [0.15, 0.2) is 0 Å². The maximum atomic E-state index is 15.2. The molecule has 0 atom stereocenters. The minimum Gasteiger partial charge on any atom is -0.406 e. The molecule has 0 aliphatic rings. The van der Waals surface area contributed by atoms with E-state index in [0.29, 0.717) is 54.2 Å². The molecule has 0 bridgehead atoms. The Morgan fingerprint density at radius 3 is 1.97 bits per heavy atom. The van der Waals surface area contributed by atoms with Gasteiger partial charge in [-0.25, -0.2) is 13.2 Å². The summed E-state index contributed by atoms with van der Waals surface area (Å²) < 4.78 is 89.9. The number of aryl methyl sites for hydroxylation is 3. The van der Waals surface area contributed by atoms with E-state index < -0.39 is 18.0 Å². The van der Waals surface area contributed by atoms with Crippen molar-refractivity contribution in [3.05, 3.63) is 112 Å². The van der Waals surface area contributed by atoms with E-state index in [1.807, 2.05) is 6.07 Å². The van der Waals surface area contributed by atoms with Gasteiger partial charge in [-0.15, -0.1) is 13.2 Å². The second kappa shape index (κ2) is 11.9. The molecule has 200 valence electrons. The minimum absolute atomic E-state index is 0.0193. The lowest BCUT2D eigenvalue weighted by Gasteiger charge is -2.11. The van der Waals surface area contributed by atoms with E-state index in [1.54, 1.807) is 24.3 Å². The van der Waals surface area contributed by atoms with Crippen molar-refractivity contribution in [3.63, 3.8) is 0 Å². The van der Waals surface area contributed by atoms with Crippen LogP contribution in [0.5, 0.6) is 5.75 Å². The van der Waals surface area contributed by atoms with Crippen LogP contribution in [0.4, 0.5) is 26.3 Å². The SMILES string of the molecule is COCCc1cc(F)c(CCc2ccc3c(F)c(CCc4ccc(OC(F)(F)F)cc4)ccc3c2)c(F)c1. The molecule has 0 aliphatic heterocycles. The van der Waals surface area contributed by atoms with Gasteiger partial charge in [0.25, 0.3) is 0 Å². The summed E-state index contributed by atoms with van der Waals surface area (Å²) in [5.74, 6) is -1.85. The zero-order valence-corrected chi connectivity index (χ0v) is 20.7. The molecule has 4 rings (SSSR count). The molecule has 4 aromatic carbocycles. The van der Waals surface area contributed by atoms with Gasteiger partial charge >= 0.3 is 6.36 Å². The van der Waals surface area contributed by atoms with Gasteiger partial charge in [-0.05, 0) is 84.0 Å². The van der Waals surface area contributed by atoms with E-state index in [9.17, 15) is 22.0 Å². The molecule has 0 unspecified atom stereocenters. The molecule has 0 spiro atoms. The second-order valence-corrected chi connectivity index (χ2v) is 9.07. The van der Waals surface area contributed by atoms with Crippen LogP contribution in [0.3, 0.4) is 0 Å². The molecule has 2 nitrogen and oxygen atoms in total. The van der Waals surface area contributed by atoms with Gasteiger partial charge in [-0.1, -0.05) is 42.5 Å². The fourth-order valence-electron chi connectivity index (χ4n) is 4.40. The third kappa shape index (κ3) is 7.07. The number of methoxy groups -OCH3 is 1. The van der Waals surface area contributed by atoms with Gasteiger partial charge in [0.05, 0.1) is 6.61 Å². The summed E-state index contributed by atoms with van der Waals surface area (Å²) in [5, 5.41) is 1.10. The van der Waals surface area contributed by atoms with Crippen LogP contribution in [0.1, 0.15) is 27.8 Å². The summed E-state index contributed by atoms with van der Waals surface area (Å²) in [6, 6.07) is 16.9. The predicted octanol–water partition coefficient (Wildman–Crippen LogP) is 7.92. The van der Waals surface area contributed by atoms with Crippen LogP contribution >= 0.6 is 0 Å². The van der Waals surface area contributed by atoms with Crippen molar-refractivity contribution in [1.82, 2.24) is 0 Å². The largest absolute Gasteiger partial charge is 0.573 e. The highest BCUT2D eigenvalue weighted by Gasteiger charge is 2.30.